The third-order valence-electron chi connectivity index (χ3n) is 1.55. The predicted molar refractivity (Wildman–Crippen MR) is 46.8 cm³/mol. The van der Waals surface area contributed by atoms with Crippen LogP contribution >= 0.6 is 12.2 Å². The van der Waals surface area contributed by atoms with Gasteiger partial charge in [0, 0.05) is 18.1 Å². The van der Waals surface area contributed by atoms with Crippen LogP contribution in [-0.2, 0) is 6.42 Å². The van der Waals surface area contributed by atoms with Crippen LogP contribution in [0.15, 0.2) is 6.07 Å². The Bertz CT molecular complexity index is 365. The molecule has 0 aliphatic heterocycles. The molecule has 6 heteroatoms. The van der Waals surface area contributed by atoms with Gasteiger partial charge in [0.1, 0.15) is 0 Å². The van der Waals surface area contributed by atoms with Crippen LogP contribution in [0.3, 0.4) is 0 Å². The van der Waals surface area contributed by atoms with Crippen LogP contribution in [0.25, 0.3) is 0 Å². The van der Waals surface area contributed by atoms with Crippen LogP contribution in [0.4, 0.5) is 17.6 Å². The molecule has 0 amide bonds. The average molecular weight is 223 g/mol. The van der Waals surface area contributed by atoms with E-state index in [0.717, 1.165) is 0 Å². The lowest BCUT2D eigenvalue weighted by Crippen LogP contribution is -2.15. The number of thiocarbonyl (C=S) groups is 1. The molecule has 0 bridgehead atoms. The molecule has 0 atom stereocenters. The Balaban J connectivity index is 3.31. The first-order chi connectivity index (χ1) is 6.43. The lowest BCUT2D eigenvalue weighted by Gasteiger charge is -2.05. The Morgan fingerprint density at radius 2 is 1.57 bits per heavy atom. The zero-order valence-corrected chi connectivity index (χ0v) is 7.60. The molecule has 0 saturated heterocycles. The van der Waals surface area contributed by atoms with Crippen molar-refractivity contribution >= 4 is 17.2 Å². The van der Waals surface area contributed by atoms with E-state index in [9.17, 15) is 17.6 Å². The second-order valence-electron chi connectivity index (χ2n) is 2.59. The van der Waals surface area contributed by atoms with Gasteiger partial charge in [-0.05, 0) is 0 Å². The molecule has 0 fully saturated rings. The van der Waals surface area contributed by atoms with Gasteiger partial charge < -0.3 is 5.73 Å². The van der Waals surface area contributed by atoms with Crippen molar-refractivity contribution < 1.29 is 17.6 Å². The summed E-state index contributed by atoms with van der Waals surface area (Å²) >= 11 is 4.38. The standard InChI is InChI=1S/C8H5F4NS/c9-4-2-5(10)8(12)3(7(4)11)1-6(13)14/h2H,1H2,(H2,13,14). The summed E-state index contributed by atoms with van der Waals surface area (Å²) in [5, 5.41) is 0. The fourth-order valence-electron chi connectivity index (χ4n) is 0.952. The highest BCUT2D eigenvalue weighted by atomic mass is 32.1. The summed E-state index contributed by atoms with van der Waals surface area (Å²) in [6.45, 7) is 0. The van der Waals surface area contributed by atoms with Gasteiger partial charge in [-0.25, -0.2) is 17.6 Å². The predicted octanol–water partition coefficient (Wildman–Crippen LogP) is 2.07. The Kier molecular flexibility index (Phi) is 3.05. The first kappa shape index (κ1) is 10.9. The minimum absolute atomic E-state index is 0.133. The van der Waals surface area contributed by atoms with Gasteiger partial charge in [0.25, 0.3) is 0 Å². The van der Waals surface area contributed by atoms with Crippen molar-refractivity contribution in [2.45, 2.75) is 6.42 Å². The van der Waals surface area contributed by atoms with Gasteiger partial charge in [0.2, 0.25) is 0 Å². The minimum atomic E-state index is -1.46. The van der Waals surface area contributed by atoms with Gasteiger partial charge >= 0.3 is 0 Å². The zero-order valence-electron chi connectivity index (χ0n) is 6.78. The second-order valence-corrected chi connectivity index (χ2v) is 3.11. The topological polar surface area (TPSA) is 26.0 Å². The maximum Gasteiger partial charge on any atom is 0.165 e. The molecule has 0 spiro atoms. The smallest absolute Gasteiger partial charge is 0.165 e. The van der Waals surface area contributed by atoms with E-state index >= 15 is 0 Å². The van der Waals surface area contributed by atoms with Crippen molar-refractivity contribution in [1.82, 2.24) is 0 Å². The Morgan fingerprint density at radius 3 is 1.93 bits per heavy atom. The van der Waals surface area contributed by atoms with Gasteiger partial charge in [-0.1, -0.05) is 12.2 Å². The largest absolute Gasteiger partial charge is 0.393 e. The van der Waals surface area contributed by atoms with E-state index < -0.39 is 35.3 Å². The van der Waals surface area contributed by atoms with Crippen LogP contribution in [0, 0.1) is 23.3 Å². The highest BCUT2D eigenvalue weighted by Crippen LogP contribution is 2.19. The Morgan fingerprint density at radius 1 is 1.14 bits per heavy atom. The van der Waals surface area contributed by atoms with E-state index in [4.69, 9.17) is 5.73 Å². The molecule has 1 rings (SSSR count). The van der Waals surface area contributed by atoms with Crippen molar-refractivity contribution in [3.8, 4) is 0 Å². The molecule has 0 aromatic heterocycles. The summed E-state index contributed by atoms with van der Waals surface area (Å²) < 4.78 is 51.0. The molecule has 0 saturated carbocycles. The molecule has 14 heavy (non-hydrogen) atoms. The maximum absolute atomic E-state index is 12.9. The molecule has 1 aromatic rings. The lowest BCUT2D eigenvalue weighted by molar-refractivity contribution is 0.443. The van der Waals surface area contributed by atoms with Gasteiger partial charge in [-0.3, -0.25) is 0 Å². The van der Waals surface area contributed by atoms with Crippen molar-refractivity contribution in [2.75, 3.05) is 0 Å². The number of benzene rings is 1. The fourth-order valence-corrected chi connectivity index (χ4v) is 1.10. The first-order valence-electron chi connectivity index (χ1n) is 3.53. The van der Waals surface area contributed by atoms with Crippen LogP contribution < -0.4 is 5.73 Å². The third kappa shape index (κ3) is 2.01. The normalized spacial score (nSPS) is 10.3. The molecule has 0 radical (unpaired) electrons. The number of rotatable bonds is 2. The van der Waals surface area contributed by atoms with Crippen LogP contribution in [0.1, 0.15) is 5.56 Å². The van der Waals surface area contributed by atoms with Crippen LogP contribution in [0.2, 0.25) is 0 Å². The Labute approximate surface area is 82.5 Å². The molecule has 0 aliphatic rings. The molecule has 1 aromatic carbocycles. The highest BCUT2D eigenvalue weighted by Gasteiger charge is 2.19. The van der Waals surface area contributed by atoms with Crippen LogP contribution in [-0.4, -0.2) is 4.99 Å². The molecule has 0 heterocycles. The van der Waals surface area contributed by atoms with E-state index in [1.165, 1.54) is 0 Å². The molecular weight excluding hydrogens is 218 g/mol. The van der Waals surface area contributed by atoms with E-state index in [0.29, 0.717) is 0 Å². The van der Waals surface area contributed by atoms with Crippen LogP contribution in [0.5, 0.6) is 0 Å². The van der Waals surface area contributed by atoms with Crippen molar-refractivity contribution in [3.05, 3.63) is 34.9 Å². The van der Waals surface area contributed by atoms with Crippen molar-refractivity contribution in [2.24, 2.45) is 5.73 Å². The molecular formula is C8H5F4NS. The summed E-state index contributed by atoms with van der Waals surface area (Å²) in [6, 6.07) is 0.133. The zero-order chi connectivity index (χ0) is 10.9. The molecule has 0 unspecified atom stereocenters. The summed E-state index contributed by atoms with van der Waals surface area (Å²) in [5.74, 6) is -5.85. The third-order valence-corrected chi connectivity index (χ3v) is 1.70. The number of hydrogen-bond acceptors (Lipinski definition) is 1. The van der Waals surface area contributed by atoms with Crippen molar-refractivity contribution in [1.29, 1.82) is 0 Å². The molecule has 2 N–H and O–H groups in total. The van der Waals surface area contributed by atoms with Crippen molar-refractivity contribution in [3.63, 3.8) is 0 Å². The maximum atomic E-state index is 12.9. The lowest BCUT2D eigenvalue weighted by atomic mass is 10.1. The highest BCUT2D eigenvalue weighted by molar-refractivity contribution is 7.80. The molecule has 76 valence electrons. The van der Waals surface area contributed by atoms with E-state index in [2.05, 4.69) is 12.2 Å². The molecule has 0 aliphatic carbocycles. The average Bonchev–Trinajstić information content (AvgIpc) is 2.09. The van der Waals surface area contributed by atoms with Gasteiger partial charge in [-0.15, -0.1) is 0 Å². The van der Waals surface area contributed by atoms with Gasteiger partial charge in [0.15, 0.2) is 23.3 Å². The summed E-state index contributed by atoms with van der Waals surface area (Å²) in [4.78, 5) is -0.243. The second kappa shape index (κ2) is 3.91. The summed E-state index contributed by atoms with van der Waals surface area (Å²) in [5.41, 5.74) is 4.23. The van der Waals surface area contributed by atoms with Gasteiger partial charge in [-0.2, -0.15) is 0 Å². The number of halogens is 4. The van der Waals surface area contributed by atoms with Gasteiger partial charge in [0.05, 0.1) is 4.99 Å². The van der Waals surface area contributed by atoms with E-state index in [1.807, 2.05) is 0 Å². The first-order valence-corrected chi connectivity index (χ1v) is 3.94. The summed E-state index contributed by atoms with van der Waals surface area (Å²) in [7, 11) is 0. The number of nitrogens with two attached hydrogens (primary N) is 1. The fraction of sp³-hybridized carbons (Fsp3) is 0.125. The SMILES string of the molecule is NC(=S)Cc1c(F)c(F)cc(F)c1F. The minimum Gasteiger partial charge on any atom is -0.393 e. The number of hydrogen-bond donors (Lipinski definition) is 1. The monoisotopic (exact) mass is 223 g/mol. The summed E-state index contributed by atoms with van der Waals surface area (Å²) in [6.07, 6.45) is -0.512. The Hall–Kier alpha value is -1.17. The quantitative estimate of drug-likeness (QED) is 0.472. The van der Waals surface area contributed by atoms with E-state index in [1.54, 1.807) is 0 Å². The van der Waals surface area contributed by atoms with E-state index in [-0.39, 0.29) is 11.1 Å². The molecule has 1 nitrogen and oxygen atoms in total.